The van der Waals surface area contributed by atoms with E-state index in [0.29, 0.717) is 25.7 Å². The Morgan fingerprint density at radius 3 is 3.00 bits per heavy atom. The Bertz CT molecular complexity index is 594. The summed E-state index contributed by atoms with van der Waals surface area (Å²) in [6.07, 6.45) is 1.11. The molecule has 1 aromatic carbocycles. The zero-order valence-corrected chi connectivity index (χ0v) is 17.5. The van der Waals surface area contributed by atoms with Gasteiger partial charge in [-0.1, -0.05) is 12.1 Å². The standard InChI is InChI=1S/C17H26N4O4.HI/c1-3-18-17(20-13(2)11-25-16-7-8-24-12-16)19-10-14-5-4-6-15(9-14)21(22)23;/h4-6,9,13,16H,3,7-8,10-12H2,1-2H3,(H2,18,19,20);1H. The molecule has 2 atom stereocenters. The van der Waals surface area contributed by atoms with Crippen LogP contribution in [0.25, 0.3) is 0 Å². The van der Waals surface area contributed by atoms with Gasteiger partial charge in [0.25, 0.3) is 5.69 Å². The predicted octanol–water partition coefficient (Wildman–Crippen LogP) is 2.46. The summed E-state index contributed by atoms with van der Waals surface area (Å²) in [4.78, 5) is 14.9. The number of nitrogens with one attached hydrogen (secondary N) is 2. The fourth-order valence-corrected chi connectivity index (χ4v) is 2.46. The van der Waals surface area contributed by atoms with E-state index in [1.807, 2.05) is 19.9 Å². The first-order valence-corrected chi connectivity index (χ1v) is 8.56. The molecule has 0 aromatic heterocycles. The number of ether oxygens (including phenoxy) is 2. The molecule has 1 fully saturated rings. The molecule has 0 bridgehead atoms. The molecular weight excluding hydrogens is 451 g/mol. The average molecular weight is 478 g/mol. The van der Waals surface area contributed by atoms with Crippen molar-refractivity contribution in [2.45, 2.75) is 39.0 Å². The molecule has 1 aromatic rings. The summed E-state index contributed by atoms with van der Waals surface area (Å²) >= 11 is 0. The number of guanidine groups is 1. The van der Waals surface area contributed by atoms with Crippen LogP contribution in [-0.2, 0) is 16.0 Å². The summed E-state index contributed by atoms with van der Waals surface area (Å²) in [5, 5.41) is 17.3. The summed E-state index contributed by atoms with van der Waals surface area (Å²) in [7, 11) is 0. The first-order valence-electron chi connectivity index (χ1n) is 8.56. The van der Waals surface area contributed by atoms with E-state index in [-0.39, 0.29) is 41.8 Å². The van der Waals surface area contributed by atoms with Gasteiger partial charge in [-0.2, -0.15) is 0 Å². The molecule has 146 valence electrons. The molecule has 1 heterocycles. The van der Waals surface area contributed by atoms with Crippen LogP contribution in [0.15, 0.2) is 29.3 Å². The third-order valence-electron chi connectivity index (χ3n) is 3.74. The fraction of sp³-hybridized carbons (Fsp3) is 0.588. The van der Waals surface area contributed by atoms with Crippen LogP contribution in [0.5, 0.6) is 0 Å². The van der Waals surface area contributed by atoms with Gasteiger partial charge in [0.1, 0.15) is 0 Å². The van der Waals surface area contributed by atoms with Crippen LogP contribution in [0.3, 0.4) is 0 Å². The smallest absolute Gasteiger partial charge is 0.269 e. The van der Waals surface area contributed by atoms with Gasteiger partial charge < -0.3 is 20.1 Å². The lowest BCUT2D eigenvalue weighted by atomic mass is 10.2. The second-order valence-electron chi connectivity index (χ2n) is 5.99. The van der Waals surface area contributed by atoms with Gasteiger partial charge >= 0.3 is 0 Å². The van der Waals surface area contributed by atoms with Crippen molar-refractivity contribution in [1.29, 1.82) is 0 Å². The van der Waals surface area contributed by atoms with Crippen LogP contribution >= 0.6 is 24.0 Å². The molecule has 1 aliphatic rings. The van der Waals surface area contributed by atoms with Crippen LogP contribution < -0.4 is 10.6 Å². The second-order valence-corrected chi connectivity index (χ2v) is 5.99. The maximum Gasteiger partial charge on any atom is 0.269 e. The largest absolute Gasteiger partial charge is 0.379 e. The number of nitro benzene ring substituents is 1. The quantitative estimate of drug-likeness (QED) is 0.196. The Morgan fingerprint density at radius 1 is 1.54 bits per heavy atom. The Kier molecular flexibility index (Phi) is 10.4. The summed E-state index contributed by atoms with van der Waals surface area (Å²) < 4.78 is 11.1. The number of aliphatic imine (C=N–C) groups is 1. The third kappa shape index (κ3) is 7.83. The van der Waals surface area contributed by atoms with Gasteiger partial charge in [-0.25, -0.2) is 4.99 Å². The van der Waals surface area contributed by atoms with Crippen molar-refractivity contribution < 1.29 is 14.4 Å². The van der Waals surface area contributed by atoms with E-state index in [1.165, 1.54) is 6.07 Å². The predicted molar refractivity (Wildman–Crippen MR) is 111 cm³/mol. The molecule has 0 spiro atoms. The van der Waals surface area contributed by atoms with Gasteiger partial charge in [-0.05, 0) is 25.8 Å². The number of rotatable bonds is 8. The Morgan fingerprint density at radius 2 is 2.35 bits per heavy atom. The highest BCUT2D eigenvalue weighted by atomic mass is 127. The maximum absolute atomic E-state index is 10.8. The van der Waals surface area contributed by atoms with Crippen molar-refractivity contribution in [2.75, 3.05) is 26.4 Å². The van der Waals surface area contributed by atoms with Crippen molar-refractivity contribution in [3.8, 4) is 0 Å². The first-order chi connectivity index (χ1) is 12.1. The molecule has 0 aliphatic carbocycles. The van der Waals surface area contributed by atoms with E-state index in [1.54, 1.807) is 12.1 Å². The van der Waals surface area contributed by atoms with Crippen LogP contribution in [0.2, 0.25) is 0 Å². The molecule has 2 N–H and O–H groups in total. The summed E-state index contributed by atoms with van der Waals surface area (Å²) in [5.41, 5.74) is 0.865. The van der Waals surface area contributed by atoms with Gasteiger partial charge in [-0.3, -0.25) is 10.1 Å². The van der Waals surface area contributed by atoms with Gasteiger partial charge in [0.05, 0.1) is 30.8 Å². The van der Waals surface area contributed by atoms with Crippen LogP contribution in [-0.4, -0.2) is 49.4 Å². The van der Waals surface area contributed by atoms with E-state index < -0.39 is 4.92 Å². The Labute approximate surface area is 170 Å². The lowest BCUT2D eigenvalue weighted by Crippen LogP contribution is -2.44. The number of nitrogens with zero attached hydrogens (tertiary/aromatic N) is 2. The molecule has 1 aliphatic heterocycles. The molecule has 2 rings (SSSR count). The lowest BCUT2D eigenvalue weighted by Gasteiger charge is -2.19. The molecule has 2 unspecified atom stereocenters. The minimum absolute atomic E-state index is 0. The highest BCUT2D eigenvalue weighted by Gasteiger charge is 2.17. The van der Waals surface area contributed by atoms with Crippen LogP contribution in [0.4, 0.5) is 5.69 Å². The van der Waals surface area contributed by atoms with Crippen LogP contribution in [0.1, 0.15) is 25.8 Å². The van der Waals surface area contributed by atoms with Crippen molar-refractivity contribution in [1.82, 2.24) is 10.6 Å². The van der Waals surface area contributed by atoms with Gasteiger partial charge in [-0.15, -0.1) is 24.0 Å². The number of hydrogen-bond donors (Lipinski definition) is 2. The van der Waals surface area contributed by atoms with Gasteiger partial charge in [0.2, 0.25) is 0 Å². The van der Waals surface area contributed by atoms with Crippen molar-refractivity contribution in [3.63, 3.8) is 0 Å². The lowest BCUT2D eigenvalue weighted by molar-refractivity contribution is -0.384. The maximum atomic E-state index is 10.8. The summed E-state index contributed by atoms with van der Waals surface area (Å²) in [6.45, 7) is 7.09. The molecule has 8 nitrogen and oxygen atoms in total. The number of halogens is 1. The molecular formula is C17H27IN4O4. The minimum atomic E-state index is -0.400. The highest BCUT2D eigenvalue weighted by molar-refractivity contribution is 14.0. The zero-order valence-electron chi connectivity index (χ0n) is 15.1. The van der Waals surface area contributed by atoms with E-state index in [2.05, 4.69) is 15.6 Å². The molecule has 9 heteroatoms. The first kappa shape index (κ1) is 22.6. The molecule has 0 amide bonds. The van der Waals surface area contributed by atoms with E-state index >= 15 is 0 Å². The number of non-ortho nitro benzene ring substituents is 1. The summed E-state index contributed by atoms with van der Waals surface area (Å²) in [5.74, 6) is 0.660. The SMILES string of the molecule is CCNC(=NCc1cccc([N+](=O)[O-])c1)NC(C)COC1CCOC1.I. The summed E-state index contributed by atoms with van der Waals surface area (Å²) in [6, 6.07) is 6.60. The van der Waals surface area contributed by atoms with E-state index in [4.69, 9.17) is 9.47 Å². The number of hydrogen-bond acceptors (Lipinski definition) is 5. The fourth-order valence-electron chi connectivity index (χ4n) is 2.46. The Balaban J connectivity index is 0.00000338. The highest BCUT2D eigenvalue weighted by Crippen LogP contribution is 2.13. The molecule has 1 saturated heterocycles. The topological polar surface area (TPSA) is 98.0 Å². The Hall–Kier alpha value is -1.46. The van der Waals surface area contributed by atoms with E-state index in [9.17, 15) is 10.1 Å². The second kappa shape index (κ2) is 12.0. The third-order valence-corrected chi connectivity index (χ3v) is 3.74. The molecule has 26 heavy (non-hydrogen) atoms. The van der Waals surface area contributed by atoms with Crippen molar-refractivity contribution >= 4 is 35.6 Å². The van der Waals surface area contributed by atoms with Gasteiger partial charge in [0.15, 0.2) is 5.96 Å². The van der Waals surface area contributed by atoms with Crippen molar-refractivity contribution in [3.05, 3.63) is 39.9 Å². The van der Waals surface area contributed by atoms with Crippen LogP contribution in [0, 0.1) is 10.1 Å². The minimum Gasteiger partial charge on any atom is -0.379 e. The number of benzene rings is 1. The normalized spacial score (nSPS) is 18.1. The van der Waals surface area contributed by atoms with E-state index in [0.717, 1.165) is 25.1 Å². The monoisotopic (exact) mass is 478 g/mol. The molecule has 0 saturated carbocycles. The number of nitro groups is 1. The van der Waals surface area contributed by atoms with Crippen molar-refractivity contribution in [2.24, 2.45) is 4.99 Å². The molecule has 0 radical (unpaired) electrons. The van der Waals surface area contributed by atoms with Gasteiger partial charge in [0, 0.05) is 31.3 Å². The average Bonchev–Trinajstić information content (AvgIpc) is 3.12. The zero-order chi connectivity index (χ0) is 18.1.